The second-order valence-electron chi connectivity index (χ2n) is 9.60. The number of carboxylic acids is 1. The molecule has 2 aliphatic rings. The Morgan fingerprint density at radius 2 is 2.09 bits per heavy atom. The van der Waals surface area contributed by atoms with Gasteiger partial charge in [0, 0.05) is 25.0 Å². The quantitative estimate of drug-likeness (QED) is 0.406. The van der Waals surface area contributed by atoms with Gasteiger partial charge in [0.05, 0.1) is 18.1 Å². The van der Waals surface area contributed by atoms with Crippen molar-refractivity contribution in [2.45, 2.75) is 70.2 Å². The molecule has 0 amide bonds. The van der Waals surface area contributed by atoms with Crippen LogP contribution in [0.1, 0.15) is 51.9 Å². The number of carbonyl (C=O) groups is 1. The summed E-state index contributed by atoms with van der Waals surface area (Å²) in [6.45, 7) is 2.37. The lowest BCUT2D eigenvalue weighted by Gasteiger charge is -2.21. The molecule has 34 heavy (non-hydrogen) atoms. The minimum absolute atomic E-state index is 0.0673. The number of hydrogen-bond donors (Lipinski definition) is 3. The van der Waals surface area contributed by atoms with Crippen LogP contribution in [0.5, 0.6) is 5.75 Å². The van der Waals surface area contributed by atoms with Crippen molar-refractivity contribution < 1.29 is 38.4 Å². The summed E-state index contributed by atoms with van der Waals surface area (Å²) in [6.07, 6.45) is 6.97. The smallest absolute Gasteiger partial charge is 0.306 e. The zero-order valence-electron chi connectivity index (χ0n) is 19.6. The van der Waals surface area contributed by atoms with Crippen LogP contribution in [-0.4, -0.2) is 52.8 Å². The van der Waals surface area contributed by atoms with Gasteiger partial charge in [0.25, 0.3) is 0 Å². The molecule has 3 N–H and O–H groups in total. The fourth-order valence-corrected chi connectivity index (χ4v) is 5.20. The number of hydrogen-bond acceptors (Lipinski definition) is 5. The number of rotatable bonds is 11. The van der Waals surface area contributed by atoms with Crippen molar-refractivity contribution in [1.82, 2.24) is 0 Å². The van der Waals surface area contributed by atoms with Gasteiger partial charge >= 0.3 is 5.97 Å². The van der Waals surface area contributed by atoms with E-state index in [4.69, 9.17) is 9.47 Å². The number of aliphatic carboxylic acids is 1. The van der Waals surface area contributed by atoms with Gasteiger partial charge in [-0.1, -0.05) is 25.5 Å². The van der Waals surface area contributed by atoms with Crippen molar-refractivity contribution in [1.29, 1.82) is 0 Å². The molecule has 1 aromatic rings. The monoisotopic (exact) mass is 482 g/mol. The van der Waals surface area contributed by atoms with E-state index in [-0.39, 0.29) is 36.2 Å². The highest BCUT2D eigenvalue weighted by molar-refractivity contribution is 5.69. The summed E-state index contributed by atoms with van der Waals surface area (Å²) in [5.74, 6) is -2.47. The maximum atomic E-state index is 13.7. The van der Waals surface area contributed by atoms with Crippen LogP contribution in [-0.2, 0) is 9.53 Å². The van der Waals surface area contributed by atoms with Gasteiger partial charge in [-0.2, -0.15) is 0 Å². The van der Waals surface area contributed by atoms with E-state index in [0.29, 0.717) is 31.8 Å². The van der Waals surface area contributed by atoms with Crippen molar-refractivity contribution >= 4 is 5.97 Å². The highest BCUT2D eigenvalue weighted by atomic mass is 19.1. The molecule has 7 atom stereocenters. The van der Waals surface area contributed by atoms with Gasteiger partial charge in [-0.15, -0.1) is 0 Å². The molecule has 1 heterocycles. The fourth-order valence-electron chi connectivity index (χ4n) is 5.20. The summed E-state index contributed by atoms with van der Waals surface area (Å²) in [5.41, 5.74) is 0. The molecule has 1 aliphatic heterocycles. The van der Waals surface area contributed by atoms with Crippen molar-refractivity contribution in [3.63, 3.8) is 0 Å². The lowest BCUT2D eigenvalue weighted by molar-refractivity contribution is -0.142. The Bertz CT molecular complexity index is 832. The average molecular weight is 483 g/mol. The molecule has 0 aromatic heterocycles. The molecule has 190 valence electrons. The third-order valence-electron chi connectivity index (χ3n) is 7.11. The first kappa shape index (κ1) is 26.6. The summed E-state index contributed by atoms with van der Waals surface area (Å²) in [7, 11) is 0. The number of halogens is 2. The Balaban J connectivity index is 1.51. The van der Waals surface area contributed by atoms with Crippen molar-refractivity contribution in [2.75, 3.05) is 13.2 Å². The van der Waals surface area contributed by atoms with E-state index >= 15 is 0 Å². The maximum absolute atomic E-state index is 13.7. The molecule has 1 aromatic carbocycles. The molecule has 2 fully saturated rings. The third kappa shape index (κ3) is 7.23. The SMILES string of the molecule is CCCC(CC[C@@H]1CC[C@@H]2[C@@H](/C=C/[C@@H](O)COc3ccc(F)cc3F)[C@H](O)C[C@@H]2OC1)C(=O)O. The molecular weight excluding hydrogens is 446 g/mol. The van der Waals surface area contributed by atoms with E-state index in [0.717, 1.165) is 37.8 Å². The van der Waals surface area contributed by atoms with E-state index in [2.05, 4.69) is 0 Å². The van der Waals surface area contributed by atoms with Gasteiger partial charge < -0.3 is 24.8 Å². The topological polar surface area (TPSA) is 96.2 Å². The predicted octanol–water partition coefficient (Wildman–Crippen LogP) is 4.33. The van der Waals surface area contributed by atoms with Crippen LogP contribution in [0, 0.1) is 35.3 Å². The largest absolute Gasteiger partial charge is 0.487 e. The zero-order chi connectivity index (χ0) is 24.7. The first-order valence-electron chi connectivity index (χ1n) is 12.2. The highest BCUT2D eigenvalue weighted by Crippen LogP contribution is 2.42. The molecule has 3 rings (SSSR count). The Morgan fingerprint density at radius 1 is 1.29 bits per heavy atom. The molecule has 1 aliphatic carbocycles. The molecule has 1 saturated heterocycles. The summed E-state index contributed by atoms with van der Waals surface area (Å²) in [4.78, 5) is 11.4. The first-order valence-corrected chi connectivity index (χ1v) is 12.2. The molecular formula is C26H36F2O6. The van der Waals surface area contributed by atoms with Crippen LogP contribution in [0.2, 0.25) is 0 Å². The van der Waals surface area contributed by atoms with Gasteiger partial charge in [0.2, 0.25) is 0 Å². The van der Waals surface area contributed by atoms with Crippen molar-refractivity contribution in [3.05, 3.63) is 42.0 Å². The number of ether oxygens (including phenoxy) is 2. The second kappa shape index (κ2) is 12.6. The normalized spacial score (nSPS) is 28.9. The summed E-state index contributed by atoms with van der Waals surface area (Å²) < 4.78 is 38.0. The van der Waals surface area contributed by atoms with E-state index in [9.17, 15) is 28.9 Å². The van der Waals surface area contributed by atoms with Crippen molar-refractivity contribution in [2.24, 2.45) is 23.7 Å². The minimum atomic E-state index is -1.01. The van der Waals surface area contributed by atoms with Gasteiger partial charge in [0.1, 0.15) is 18.5 Å². The predicted molar refractivity (Wildman–Crippen MR) is 122 cm³/mol. The van der Waals surface area contributed by atoms with Gasteiger partial charge in [-0.05, 0) is 56.1 Å². The second-order valence-corrected chi connectivity index (χ2v) is 9.60. The van der Waals surface area contributed by atoms with Crippen molar-refractivity contribution in [3.8, 4) is 5.75 Å². The van der Waals surface area contributed by atoms with Gasteiger partial charge in [-0.3, -0.25) is 4.79 Å². The van der Waals surface area contributed by atoms with Crippen LogP contribution >= 0.6 is 0 Å². The molecule has 1 unspecified atom stereocenters. The van der Waals surface area contributed by atoms with Gasteiger partial charge in [-0.25, -0.2) is 8.78 Å². The third-order valence-corrected chi connectivity index (χ3v) is 7.11. The van der Waals surface area contributed by atoms with E-state index < -0.39 is 29.8 Å². The Hall–Kier alpha value is -2.03. The molecule has 6 nitrogen and oxygen atoms in total. The Morgan fingerprint density at radius 3 is 2.79 bits per heavy atom. The lowest BCUT2D eigenvalue weighted by Crippen LogP contribution is -2.22. The number of aliphatic hydroxyl groups is 2. The Kier molecular flexibility index (Phi) is 9.85. The summed E-state index contributed by atoms with van der Waals surface area (Å²) >= 11 is 0. The lowest BCUT2D eigenvalue weighted by atomic mass is 9.85. The van der Waals surface area contributed by atoms with Crippen LogP contribution in [0.3, 0.4) is 0 Å². The number of fused-ring (bicyclic) bond motifs is 1. The molecule has 1 saturated carbocycles. The standard InChI is InChI=1S/C26H36F2O6/c1-2-3-17(26(31)32)6-4-16-5-9-21-20(23(30)13-25(21)33-14-16)10-8-19(29)15-34-24-11-7-18(27)12-22(24)28/h7-8,10-12,16-17,19-21,23,25,29-30H,2-6,9,13-15H2,1H3,(H,31,32)/b10-8+/t16-,17?,19-,20-,21-,23-,25+/m1/s1. The summed E-state index contributed by atoms with van der Waals surface area (Å²) in [5, 5.41) is 30.2. The number of carboxylic acid groups (broad SMARTS) is 1. The van der Waals surface area contributed by atoms with Crippen LogP contribution in [0.25, 0.3) is 0 Å². The van der Waals surface area contributed by atoms with Crippen LogP contribution < -0.4 is 4.74 Å². The zero-order valence-corrected chi connectivity index (χ0v) is 19.6. The van der Waals surface area contributed by atoms with Gasteiger partial charge in [0.15, 0.2) is 11.6 Å². The van der Waals surface area contributed by atoms with Crippen LogP contribution in [0.4, 0.5) is 8.78 Å². The first-order chi connectivity index (χ1) is 16.3. The molecule has 0 spiro atoms. The van der Waals surface area contributed by atoms with Crippen LogP contribution in [0.15, 0.2) is 30.4 Å². The average Bonchev–Trinajstić information content (AvgIpc) is 2.95. The van der Waals surface area contributed by atoms with E-state index in [1.165, 1.54) is 6.07 Å². The summed E-state index contributed by atoms with van der Waals surface area (Å²) in [6, 6.07) is 2.98. The van der Waals surface area contributed by atoms with E-state index in [1.54, 1.807) is 12.2 Å². The number of aliphatic hydroxyl groups excluding tert-OH is 2. The highest BCUT2D eigenvalue weighted by Gasteiger charge is 2.43. The molecule has 0 radical (unpaired) electrons. The molecule has 8 heteroatoms. The minimum Gasteiger partial charge on any atom is -0.487 e. The van der Waals surface area contributed by atoms with E-state index in [1.807, 2.05) is 6.92 Å². The number of benzene rings is 1. The Labute approximate surface area is 199 Å². The molecule has 0 bridgehead atoms. The maximum Gasteiger partial charge on any atom is 0.306 e. The fraction of sp³-hybridized carbons (Fsp3) is 0.654.